The molecule has 0 saturated carbocycles. The molecule has 4 rings (SSSR count). The molecule has 0 amide bonds. The molecule has 0 spiro atoms. The maximum absolute atomic E-state index is 5.58. The summed E-state index contributed by atoms with van der Waals surface area (Å²) in [4.78, 5) is 5.79. The summed E-state index contributed by atoms with van der Waals surface area (Å²) in [6.45, 7) is 4.96. The number of rotatable bonds is 8. The summed E-state index contributed by atoms with van der Waals surface area (Å²) in [7, 11) is 3.78. The Morgan fingerprint density at radius 3 is 2.39 bits per heavy atom. The lowest BCUT2D eigenvalue weighted by atomic mass is 10.0. The average Bonchev–Trinajstić information content (AvgIpc) is 2.83. The number of methoxy groups -OCH3 is 1. The van der Waals surface area contributed by atoms with Gasteiger partial charge in [0.15, 0.2) is 0 Å². The molecule has 1 heterocycles. The van der Waals surface area contributed by atoms with Gasteiger partial charge in [-0.25, -0.2) is 4.98 Å². The van der Waals surface area contributed by atoms with Gasteiger partial charge in [-0.15, -0.1) is 0 Å². The standard InChI is InChI=1S/C27H26N2O2/c1-4-16-31-22-12-10-20(11-13-22)19-29(2)27-18-25(21-8-6-5-7-9-21)24-15-14-23(30-3)17-26(24)28-27/h4-15,17-18H,1,16,19H2,2-3H3/p+1. The maximum atomic E-state index is 5.58. The van der Waals surface area contributed by atoms with E-state index in [-0.39, 0.29) is 0 Å². The first-order valence-electron chi connectivity index (χ1n) is 10.3. The van der Waals surface area contributed by atoms with Gasteiger partial charge in [0.25, 0.3) is 5.82 Å². The number of nitrogens with zero attached hydrogens (tertiary/aromatic N) is 1. The highest BCUT2D eigenvalue weighted by Gasteiger charge is 2.17. The molecule has 0 radical (unpaired) electrons. The molecule has 1 N–H and O–H groups in total. The van der Waals surface area contributed by atoms with Gasteiger partial charge in [0.05, 0.1) is 14.2 Å². The molecule has 156 valence electrons. The number of anilines is 1. The Morgan fingerprint density at radius 2 is 1.68 bits per heavy atom. The van der Waals surface area contributed by atoms with E-state index in [4.69, 9.17) is 9.47 Å². The van der Waals surface area contributed by atoms with Crippen LogP contribution in [0.2, 0.25) is 0 Å². The number of aromatic amines is 1. The molecule has 3 aromatic carbocycles. The molecule has 0 aliphatic rings. The first kappa shape index (κ1) is 20.5. The van der Waals surface area contributed by atoms with Crippen LogP contribution in [0.1, 0.15) is 5.56 Å². The van der Waals surface area contributed by atoms with Crippen molar-refractivity contribution in [2.75, 3.05) is 25.7 Å². The third kappa shape index (κ3) is 4.69. The Morgan fingerprint density at radius 1 is 0.935 bits per heavy atom. The molecule has 0 bridgehead atoms. The fourth-order valence-electron chi connectivity index (χ4n) is 3.64. The number of hydrogen-bond donors (Lipinski definition) is 0. The summed E-state index contributed by atoms with van der Waals surface area (Å²) in [5.74, 6) is 2.71. The molecule has 4 heteroatoms. The Hall–Kier alpha value is -3.79. The Bertz CT molecular complexity index is 1170. The van der Waals surface area contributed by atoms with Crippen LogP contribution in [0.15, 0.2) is 91.5 Å². The molecular formula is C27H27N2O2+. The van der Waals surface area contributed by atoms with Crippen LogP contribution in [0, 0.1) is 0 Å². The fourth-order valence-corrected chi connectivity index (χ4v) is 3.64. The number of hydrogen-bond acceptors (Lipinski definition) is 3. The van der Waals surface area contributed by atoms with Crippen LogP contribution in [-0.4, -0.2) is 20.8 Å². The summed E-state index contributed by atoms with van der Waals surface area (Å²) in [6.07, 6.45) is 1.75. The van der Waals surface area contributed by atoms with Gasteiger partial charge < -0.3 is 9.47 Å². The lowest BCUT2D eigenvalue weighted by Gasteiger charge is -2.15. The summed E-state index contributed by atoms with van der Waals surface area (Å²) in [6, 6.07) is 27.0. The van der Waals surface area contributed by atoms with E-state index < -0.39 is 0 Å². The monoisotopic (exact) mass is 411 g/mol. The Balaban J connectivity index is 1.68. The molecule has 0 aliphatic carbocycles. The normalized spacial score (nSPS) is 10.6. The highest BCUT2D eigenvalue weighted by molar-refractivity contribution is 5.94. The Labute approximate surface area is 183 Å². The molecule has 0 atom stereocenters. The third-order valence-electron chi connectivity index (χ3n) is 5.27. The quantitative estimate of drug-likeness (QED) is 0.358. The minimum atomic E-state index is 0.511. The van der Waals surface area contributed by atoms with Crippen LogP contribution in [0.25, 0.3) is 22.0 Å². The van der Waals surface area contributed by atoms with E-state index in [1.54, 1.807) is 13.2 Å². The average molecular weight is 412 g/mol. The molecule has 0 saturated heterocycles. The van der Waals surface area contributed by atoms with Crippen LogP contribution >= 0.6 is 0 Å². The molecule has 1 aromatic heterocycles. The highest BCUT2D eigenvalue weighted by Crippen LogP contribution is 2.31. The predicted octanol–water partition coefficient (Wildman–Crippen LogP) is 5.53. The van der Waals surface area contributed by atoms with Gasteiger partial charge in [-0.3, -0.25) is 4.90 Å². The zero-order valence-electron chi connectivity index (χ0n) is 18.0. The maximum Gasteiger partial charge on any atom is 0.275 e. The second-order valence-electron chi connectivity index (χ2n) is 7.45. The van der Waals surface area contributed by atoms with Crippen molar-refractivity contribution in [2.24, 2.45) is 0 Å². The number of benzene rings is 3. The molecule has 31 heavy (non-hydrogen) atoms. The topological polar surface area (TPSA) is 35.8 Å². The van der Waals surface area contributed by atoms with Gasteiger partial charge in [0.1, 0.15) is 30.2 Å². The Kier molecular flexibility index (Phi) is 6.18. The van der Waals surface area contributed by atoms with E-state index in [2.05, 4.69) is 72.0 Å². The smallest absolute Gasteiger partial charge is 0.275 e. The minimum absolute atomic E-state index is 0.511. The largest absolute Gasteiger partial charge is 0.497 e. The number of aromatic nitrogens is 1. The van der Waals surface area contributed by atoms with Gasteiger partial charge in [-0.2, -0.15) is 0 Å². The molecular weight excluding hydrogens is 384 g/mol. The van der Waals surface area contributed by atoms with E-state index in [1.165, 1.54) is 16.7 Å². The number of H-pyrrole nitrogens is 1. The molecule has 0 aliphatic heterocycles. The zero-order valence-corrected chi connectivity index (χ0v) is 18.0. The van der Waals surface area contributed by atoms with Crippen molar-refractivity contribution < 1.29 is 14.5 Å². The minimum Gasteiger partial charge on any atom is -0.497 e. The fraction of sp³-hybridized carbons (Fsp3) is 0.148. The van der Waals surface area contributed by atoms with Crippen molar-refractivity contribution in [3.63, 3.8) is 0 Å². The van der Waals surface area contributed by atoms with Crippen LogP contribution in [0.4, 0.5) is 5.82 Å². The highest BCUT2D eigenvalue weighted by atomic mass is 16.5. The van der Waals surface area contributed by atoms with E-state index in [0.29, 0.717) is 6.61 Å². The van der Waals surface area contributed by atoms with Crippen molar-refractivity contribution in [3.8, 4) is 22.6 Å². The number of pyridine rings is 1. The lowest BCUT2D eigenvalue weighted by molar-refractivity contribution is -0.330. The molecule has 0 unspecified atom stereocenters. The summed E-state index contributed by atoms with van der Waals surface area (Å²) < 4.78 is 11.0. The van der Waals surface area contributed by atoms with E-state index >= 15 is 0 Å². The van der Waals surface area contributed by atoms with Crippen molar-refractivity contribution in [2.45, 2.75) is 6.54 Å². The zero-order chi connectivity index (χ0) is 21.6. The first-order valence-corrected chi connectivity index (χ1v) is 10.3. The van der Waals surface area contributed by atoms with Crippen LogP contribution in [0.5, 0.6) is 11.5 Å². The molecule has 0 fully saturated rings. The van der Waals surface area contributed by atoms with Gasteiger partial charge >= 0.3 is 0 Å². The number of ether oxygens (including phenoxy) is 2. The molecule has 4 aromatic rings. The predicted molar refractivity (Wildman–Crippen MR) is 127 cm³/mol. The lowest BCUT2D eigenvalue weighted by Crippen LogP contribution is -2.25. The van der Waals surface area contributed by atoms with Crippen LogP contribution in [-0.2, 0) is 6.54 Å². The van der Waals surface area contributed by atoms with E-state index in [9.17, 15) is 0 Å². The second-order valence-corrected chi connectivity index (χ2v) is 7.45. The summed E-state index contributed by atoms with van der Waals surface area (Å²) in [5, 5.41) is 1.16. The van der Waals surface area contributed by atoms with Crippen molar-refractivity contribution in [3.05, 3.63) is 97.1 Å². The van der Waals surface area contributed by atoms with Crippen LogP contribution in [0.3, 0.4) is 0 Å². The second kappa shape index (κ2) is 9.35. The molecule has 4 nitrogen and oxygen atoms in total. The SMILES string of the molecule is C=CCOc1ccc(CN(C)c2cc(-c3ccccc3)c3ccc(OC)cc3[nH+]2)cc1. The van der Waals surface area contributed by atoms with Crippen LogP contribution < -0.4 is 19.4 Å². The van der Waals surface area contributed by atoms with Crippen molar-refractivity contribution in [1.29, 1.82) is 0 Å². The summed E-state index contributed by atoms with van der Waals surface area (Å²) >= 11 is 0. The van der Waals surface area contributed by atoms with E-state index in [0.717, 1.165) is 34.8 Å². The summed E-state index contributed by atoms with van der Waals surface area (Å²) in [5.41, 5.74) is 4.61. The first-order chi connectivity index (χ1) is 15.2. The van der Waals surface area contributed by atoms with Crippen molar-refractivity contribution in [1.82, 2.24) is 0 Å². The van der Waals surface area contributed by atoms with Gasteiger partial charge in [-0.1, -0.05) is 55.1 Å². The van der Waals surface area contributed by atoms with Gasteiger partial charge in [0.2, 0.25) is 0 Å². The number of nitrogens with one attached hydrogen (secondary N) is 1. The van der Waals surface area contributed by atoms with Crippen molar-refractivity contribution >= 4 is 16.7 Å². The number of fused-ring (bicyclic) bond motifs is 1. The van der Waals surface area contributed by atoms with Gasteiger partial charge in [0, 0.05) is 23.1 Å². The van der Waals surface area contributed by atoms with E-state index in [1.807, 2.05) is 30.3 Å². The van der Waals surface area contributed by atoms with Gasteiger partial charge in [-0.05, 0) is 35.4 Å². The third-order valence-corrected chi connectivity index (χ3v) is 5.27.